The van der Waals surface area contributed by atoms with Crippen molar-refractivity contribution in [3.63, 3.8) is 0 Å². The molecule has 1 heterocycles. The van der Waals surface area contributed by atoms with Crippen LogP contribution in [0.3, 0.4) is 0 Å². The van der Waals surface area contributed by atoms with E-state index in [1.54, 1.807) is 4.90 Å². The maximum absolute atomic E-state index is 12.2. The Morgan fingerprint density at radius 3 is 2.58 bits per heavy atom. The van der Waals surface area contributed by atoms with Gasteiger partial charge in [0.1, 0.15) is 0 Å². The highest BCUT2D eigenvalue weighted by Crippen LogP contribution is 2.21. The van der Waals surface area contributed by atoms with Crippen molar-refractivity contribution >= 4 is 29.7 Å². The summed E-state index contributed by atoms with van der Waals surface area (Å²) < 4.78 is 0. The van der Waals surface area contributed by atoms with Crippen molar-refractivity contribution < 1.29 is 9.72 Å². The number of nitrogens with zero attached hydrogens (tertiary/aromatic N) is 2. The van der Waals surface area contributed by atoms with Crippen LogP contribution in [0.25, 0.3) is 0 Å². The van der Waals surface area contributed by atoms with E-state index in [1.807, 2.05) is 0 Å². The van der Waals surface area contributed by atoms with Gasteiger partial charge in [-0.1, -0.05) is 0 Å². The molecule has 0 unspecified atom stereocenters. The van der Waals surface area contributed by atoms with E-state index in [0.717, 1.165) is 13.1 Å². The molecule has 1 saturated heterocycles. The average molecular weight is 287 g/mol. The minimum Gasteiger partial charge on any atom is -0.398 e. The Morgan fingerprint density at radius 2 is 2.00 bits per heavy atom. The highest BCUT2D eigenvalue weighted by molar-refractivity contribution is 5.99. The van der Waals surface area contributed by atoms with Gasteiger partial charge in [0.05, 0.1) is 10.5 Å². The first-order valence-electron chi connectivity index (χ1n) is 5.63. The highest BCUT2D eigenvalue weighted by atomic mass is 35.5. The summed E-state index contributed by atoms with van der Waals surface area (Å²) in [5.74, 6) is -0.252. The Hall–Kier alpha value is -1.86. The molecule has 1 aliphatic heterocycles. The fraction of sp³-hybridized carbons (Fsp3) is 0.364. The van der Waals surface area contributed by atoms with Gasteiger partial charge < -0.3 is 16.0 Å². The van der Waals surface area contributed by atoms with Crippen molar-refractivity contribution in [3.05, 3.63) is 33.9 Å². The number of nitro groups is 1. The number of rotatable bonds is 2. The molecule has 104 valence electrons. The smallest absolute Gasteiger partial charge is 0.270 e. The molecule has 2 rings (SSSR count). The summed E-state index contributed by atoms with van der Waals surface area (Å²) in [5, 5.41) is 13.8. The number of nitro benzene ring substituents is 1. The van der Waals surface area contributed by atoms with Gasteiger partial charge in [-0.05, 0) is 6.07 Å². The predicted molar refractivity (Wildman–Crippen MR) is 73.5 cm³/mol. The van der Waals surface area contributed by atoms with Gasteiger partial charge in [0.25, 0.3) is 11.6 Å². The number of amides is 1. The molecular weight excluding hydrogens is 272 g/mol. The highest BCUT2D eigenvalue weighted by Gasteiger charge is 2.22. The van der Waals surface area contributed by atoms with Crippen LogP contribution in [-0.4, -0.2) is 41.9 Å². The topological polar surface area (TPSA) is 101 Å². The Labute approximate surface area is 116 Å². The molecule has 0 aromatic heterocycles. The molecule has 1 aliphatic rings. The maximum atomic E-state index is 12.2. The molecule has 0 saturated carbocycles. The second-order valence-corrected chi connectivity index (χ2v) is 4.07. The van der Waals surface area contributed by atoms with Crippen molar-refractivity contribution in [1.82, 2.24) is 10.2 Å². The SMILES string of the molecule is Cl.Nc1ccc([N+](=O)[O-])cc1C(=O)N1CCNCC1. The van der Waals surface area contributed by atoms with Gasteiger partial charge >= 0.3 is 0 Å². The first-order valence-corrected chi connectivity index (χ1v) is 5.63. The molecule has 0 atom stereocenters. The van der Waals surface area contributed by atoms with Crippen LogP contribution in [0.4, 0.5) is 11.4 Å². The van der Waals surface area contributed by atoms with E-state index in [9.17, 15) is 14.9 Å². The van der Waals surface area contributed by atoms with Gasteiger partial charge in [-0.25, -0.2) is 0 Å². The second kappa shape index (κ2) is 6.35. The first-order chi connectivity index (χ1) is 8.59. The molecule has 1 aromatic carbocycles. The lowest BCUT2D eigenvalue weighted by Gasteiger charge is -2.27. The van der Waals surface area contributed by atoms with Crippen LogP contribution in [0.1, 0.15) is 10.4 Å². The lowest BCUT2D eigenvalue weighted by Crippen LogP contribution is -2.46. The molecule has 8 heteroatoms. The molecule has 0 aliphatic carbocycles. The summed E-state index contributed by atoms with van der Waals surface area (Å²) >= 11 is 0. The predicted octanol–water partition coefficient (Wildman–Crippen LogP) is 0.644. The summed E-state index contributed by atoms with van der Waals surface area (Å²) in [7, 11) is 0. The van der Waals surface area contributed by atoms with Crippen molar-refractivity contribution in [2.75, 3.05) is 31.9 Å². The zero-order valence-electron chi connectivity index (χ0n) is 10.2. The Morgan fingerprint density at radius 1 is 1.37 bits per heavy atom. The average Bonchev–Trinajstić information content (AvgIpc) is 2.39. The van der Waals surface area contributed by atoms with E-state index in [0.29, 0.717) is 13.1 Å². The monoisotopic (exact) mass is 286 g/mol. The van der Waals surface area contributed by atoms with E-state index in [-0.39, 0.29) is 35.3 Å². The van der Waals surface area contributed by atoms with Crippen LogP contribution in [-0.2, 0) is 0 Å². The van der Waals surface area contributed by atoms with Crippen LogP contribution >= 0.6 is 12.4 Å². The van der Waals surface area contributed by atoms with Crippen LogP contribution in [0.15, 0.2) is 18.2 Å². The molecule has 0 spiro atoms. The molecule has 1 aromatic rings. The molecule has 0 radical (unpaired) electrons. The fourth-order valence-corrected chi connectivity index (χ4v) is 1.88. The van der Waals surface area contributed by atoms with Crippen molar-refractivity contribution in [2.24, 2.45) is 0 Å². The van der Waals surface area contributed by atoms with Crippen molar-refractivity contribution in [1.29, 1.82) is 0 Å². The Balaban J connectivity index is 0.00000180. The molecule has 0 bridgehead atoms. The number of benzene rings is 1. The molecule has 1 fully saturated rings. The minimum atomic E-state index is -0.534. The number of nitrogens with two attached hydrogens (primary N) is 1. The lowest BCUT2D eigenvalue weighted by atomic mass is 10.1. The summed E-state index contributed by atoms with van der Waals surface area (Å²) in [6.45, 7) is 2.61. The van der Waals surface area contributed by atoms with Gasteiger partial charge in [-0.2, -0.15) is 0 Å². The van der Waals surface area contributed by atoms with Crippen molar-refractivity contribution in [3.8, 4) is 0 Å². The summed E-state index contributed by atoms with van der Waals surface area (Å²) in [6, 6.07) is 3.93. The maximum Gasteiger partial charge on any atom is 0.270 e. The van der Waals surface area contributed by atoms with Crippen molar-refractivity contribution in [2.45, 2.75) is 0 Å². The third kappa shape index (κ3) is 3.33. The third-order valence-electron chi connectivity index (χ3n) is 2.88. The van der Waals surface area contributed by atoms with Gasteiger partial charge in [-0.3, -0.25) is 14.9 Å². The second-order valence-electron chi connectivity index (χ2n) is 4.07. The van der Waals surface area contributed by atoms with E-state index < -0.39 is 4.92 Å². The summed E-state index contributed by atoms with van der Waals surface area (Å²) in [4.78, 5) is 24.0. The Kier molecular flexibility index (Phi) is 5.08. The summed E-state index contributed by atoms with van der Waals surface area (Å²) in [5.41, 5.74) is 6.06. The Bertz CT molecular complexity index is 489. The summed E-state index contributed by atoms with van der Waals surface area (Å²) in [6.07, 6.45) is 0. The number of carbonyl (C=O) groups excluding carboxylic acids is 1. The quantitative estimate of drug-likeness (QED) is 0.472. The van der Waals surface area contributed by atoms with Gasteiger partial charge in [0, 0.05) is 44.0 Å². The van der Waals surface area contributed by atoms with Crippen LogP contribution in [0.2, 0.25) is 0 Å². The third-order valence-corrected chi connectivity index (χ3v) is 2.88. The minimum absolute atomic E-state index is 0. The van der Waals surface area contributed by atoms with Crippen LogP contribution in [0, 0.1) is 10.1 Å². The fourth-order valence-electron chi connectivity index (χ4n) is 1.88. The number of nitrogens with one attached hydrogen (secondary N) is 1. The van der Waals surface area contributed by atoms with Gasteiger partial charge in [-0.15, -0.1) is 12.4 Å². The van der Waals surface area contributed by atoms with E-state index in [1.165, 1.54) is 18.2 Å². The van der Waals surface area contributed by atoms with Crippen LogP contribution in [0.5, 0.6) is 0 Å². The number of hydrogen-bond acceptors (Lipinski definition) is 5. The zero-order chi connectivity index (χ0) is 13.1. The molecule has 1 amide bonds. The first kappa shape index (κ1) is 15.2. The van der Waals surface area contributed by atoms with E-state index in [2.05, 4.69) is 5.32 Å². The zero-order valence-corrected chi connectivity index (χ0v) is 11.0. The molecule has 7 nitrogen and oxygen atoms in total. The molecule has 3 N–H and O–H groups in total. The number of halogens is 1. The number of non-ortho nitro benzene ring substituents is 1. The number of carbonyl (C=O) groups is 1. The van der Waals surface area contributed by atoms with Crippen LogP contribution < -0.4 is 11.1 Å². The van der Waals surface area contributed by atoms with Gasteiger partial charge in [0.2, 0.25) is 0 Å². The van der Waals surface area contributed by atoms with E-state index in [4.69, 9.17) is 5.73 Å². The normalized spacial score (nSPS) is 14.6. The largest absolute Gasteiger partial charge is 0.398 e. The van der Waals surface area contributed by atoms with Gasteiger partial charge in [0.15, 0.2) is 0 Å². The number of piperazine rings is 1. The standard InChI is InChI=1S/C11H14N4O3.ClH/c12-10-2-1-8(15(17)18)7-9(10)11(16)14-5-3-13-4-6-14;/h1-2,7,13H,3-6,12H2;1H. The number of nitrogen functional groups attached to an aromatic ring is 1. The number of hydrogen-bond donors (Lipinski definition) is 2. The molecular formula is C11H15ClN4O3. The molecule has 19 heavy (non-hydrogen) atoms. The van der Waals surface area contributed by atoms with E-state index >= 15 is 0 Å². The lowest BCUT2D eigenvalue weighted by molar-refractivity contribution is -0.384. The number of anilines is 1.